The summed E-state index contributed by atoms with van der Waals surface area (Å²) in [4.78, 5) is 2.52. The van der Waals surface area contributed by atoms with Crippen LogP contribution in [-0.2, 0) is 12.8 Å². The van der Waals surface area contributed by atoms with Crippen LogP contribution in [0.25, 0.3) is 0 Å². The van der Waals surface area contributed by atoms with Gasteiger partial charge in [-0.15, -0.1) is 11.3 Å². The lowest BCUT2D eigenvalue weighted by atomic mass is 10.0. The molecule has 0 amide bonds. The summed E-state index contributed by atoms with van der Waals surface area (Å²) < 4.78 is 0. The van der Waals surface area contributed by atoms with Crippen LogP contribution < -0.4 is 0 Å². The highest BCUT2D eigenvalue weighted by Gasteiger charge is 2.18. The van der Waals surface area contributed by atoms with Crippen LogP contribution in [0, 0.1) is 6.92 Å². The van der Waals surface area contributed by atoms with Gasteiger partial charge in [-0.25, -0.2) is 0 Å². The number of hydrogen-bond donors (Lipinski definition) is 1. The Balaban J connectivity index is 1.90. The fourth-order valence-corrected chi connectivity index (χ4v) is 4.23. The minimum absolute atomic E-state index is 0.551. The van der Waals surface area contributed by atoms with E-state index in [4.69, 9.17) is 11.6 Å². The predicted molar refractivity (Wildman–Crippen MR) is 85.8 cm³/mol. The minimum Gasteiger partial charge on any atom is -0.383 e. The third-order valence-electron chi connectivity index (χ3n) is 4.05. The van der Waals surface area contributed by atoms with Crippen LogP contribution in [0.1, 0.15) is 51.8 Å². The zero-order chi connectivity index (χ0) is 14.1. The van der Waals surface area contributed by atoms with Crippen LogP contribution in [0.3, 0.4) is 0 Å². The van der Waals surface area contributed by atoms with Gasteiger partial charge in [-0.1, -0.05) is 30.2 Å². The Morgan fingerprint density at radius 2 is 1.95 bits per heavy atom. The molecule has 1 N–H and O–H groups in total. The van der Waals surface area contributed by atoms with Crippen molar-refractivity contribution >= 4 is 22.9 Å². The Hall–Kier alpha value is -0.830. The van der Waals surface area contributed by atoms with Crippen molar-refractivity contribution in [1.82, 2.24) is 0 Å². The maximum atomic E-state index is 10.6. The van der Waals surface area contributed by atoms with Crippen LogP contribution in [0.15, 0.2) is 24.3 Å². The summed E-state index contributed by atoms with van der Waals surface area (Å²) in [5.41, 5.74) is 3.38. The first-order chi connectivity index (χ1) is 9.65. The van der Waals surface area contributed by atoms with Gasteiger partial charge in [0.05, 0.1) is 0 Å². The molecule has 1 aromatic heterocycles. The van der Waals surface area contributed by atoms with E-state index in [9.17, 15) is 5.11 Å². The molecule has 0 fully saturated rings. The first-order valence-corrected chi connectivity index (χ1v) is 8.40. The van der Waals surface area contributed by atoms with Crippen LogP contribution in [0.5, 0.6) is 0 Å². The van der Waals surface area contributed by atoms with E-state index in [1.165, 1.54) is 36.1 Å². The highest BCUT2D eigenvalue weighted by atomic mass is 35.5. The molecular formula is C17H19ClOS. The zero-order valence-electron chi connectivity index (χ0n) is 11.7. The molecule has 1 aliphatic rings. The normalized spacial score (nSPS) is 16.6. The fraction of sp³-hybridized carbons (Fsp3) is 0.412. The van der Waals surface area contributed by atoms with Gasteiger partial charge in [-0.2, -0.15) is 0 Å². The summed E-state index contributed by atoms with van der Waals surface area (Å²) in [6.45, 7) is 1.98. The summed E-state index contributed by atoms with van der Waals surface area (Å²) in [5, 5.41) is 11.3. The van der Waals surface area contributed by atoms with Crippen molar-refractivity contribution < 1.29 is 5.11 Å². The Bertz CT molecular complexity index is 594. The summed E-state index contributed by atoms with van der Waals surface area (Å²) in [6.07, 6.45) is 5.65. The van der Waals surface area contributed by atoms with Crippen molar-refractivity contribution in [3.05, 3.63) is 55.7 Å². The first-order valence-electron chi connectivity index (χ1n) is 7.21. The lowest BCUT2D eigenvalue weighted by Gasteiger charge is -2.10. The Morgan fingerprint density at radius 3 is 2.75 bits per heavy atom. The molecule has 3 rings (SSSR count). The monoisotopic (exact) mass is 306 g/mol. The topological polar surface area (TPSA) is 20.2 Å². The number of rotatable bonds is 2. The van der Waals surface area contributed by atoms with Crippen LogP contribution in [0.4, 0.5) is 0 Å². The van der Waals surface area contributed by atoms with E-state index in [1.807, 2.05) is 25.1 Å². The standard InChI is InChI=1S/C17H19ClOS/c1-11-7-8-13(9-14(11)18)17(19)16-10-12-5-3-2-4-6-15(12)20-16/h7-10,17,19H,2-6H2,1H3. The molecule has 1 nitrogen and oxygen atoms in total. The summed E-state index contributed by atoms with van der Waals surface area (Å²) in [7, 11) is 0. The molecule has 3 heteroatoms. The van der Waals surface area contributed by atoms with E-state index in [-0.39, 0.29) is 0 Å². The highest BCUT2D eigenvalue weighted by Crippen LogP contribution is 2.35. The number of hydrogen-bond acceptors (Lipinski definition) is 2. The second-order valence-electron chi connectivity index (χ2n) is 5.57. The predicted octanol–water partition coefficient (Wildman–Crippen LogP) is 5.06. The summed E-state index contributed by atoms with van der Waals surface area (Å²) in [5.74, 6) is 0. The van der Waals surface area contributed by atoms with Gasteiger partial charge in [0, 0.05) is 14.8 Å². The first kappa shape index (κ1) is 14.1. The second kappa shape index (κ2) is 5.88. The number of halogens is 1. The molecule has 2 aromatic rings. The molecule has 20 heavy (non-hydrogen) atoms. The molecule has 1 atom stereocenters. The van der Waals surface area contributed by atoms with Crippen LogP contribution in [0.2, 0.25) is 5.02 Å². The molecule has 1 heterocycles. The number of fused-ring (bicyclic) bond motifs is 1. The van der Waals surface area contributed by atoms with Crippen molar-refractivity contribution in [2.75, 3.05) is 0 Å². The minimum atomic E-state index is -0.551. The maximum Gasteiger partial charge on any atom is 0.113 e. The smallest absolute Gasteiger partial charge is 0.113 e. The lowest BCUT2D eigenvalue weighted by Crippen LogP contribution is -1.97. The van der Waals surface area contributed by atoms with Gasteiger partial charge in [-0.05, 0) is 61.4 Å². The molecule has 106 valence electrons. The molecule has 1 aliphatic carbocycles. The van der Waals surface area contributed by atoms with E-state index in [0.29, 0.717) is 0 Å². The quantitative estimate of drug-likeness (QED) is 0.769. The van der Waals surface area contributed by atoms with E-state index in [1.54, 1.807) is 11.3 Å². The van der Waals surface area contributed by atoms with Crippen molar-refractivity contribution in [1.29, 1.82) is 0 Å². The highest BCUT2D eigenvalue weighted by molar-refractivity contribution is 7.12. The average Bonchev–Trinajstić information content (AvgIpc) is 2.72. The number of benzene rings is 1. The maximum absolute atomic E-state index is 10.6. The fourth-order valence-electron chi connectivity index (χ4n) is 2.77. The Labute approximate surface area is 129 Å². The van der Waals surface area contributed by atoms with E-state index in [0.717, 1.165) is 27.4 Å². The molecule has 0 radical (unpaired) electrons. The van der Waals surface area contributed by atoms with E-state index < -0.39 is 6.10 Å². The zero-order valence-corrected chi connectivity index (χ0v) is 13.2. The van der Waals surface area contributed by atoms with Gasteiger partial charge in [0.25, 0.3) is 0 Å². The largest absolute Gasteiger partial charge is 0.383 e. The molecule has 0 bridgehead atoms. The van der Waals surface area contributed by atoms with Crippen molar-refractivity contribution in [3.8, 4) is 0 Å². The summed E-state index contributed by atoms with van der Waals surface area (Å²) in [6, 6.07) is 8.02. The number of aryl methyl sites for hydroxylation is 3. The Kier molecular flexibility index (Phi) is 4.16. The van der Waals surface area contributed by atoms with Gasteiger partial charge in [-0.3, -0.25) is 0 Å². The summed E-state index contributed by atoms with van der Waals surface area (Å²) >= 11 is 7.93. The average molecular weight is 307 g/mol. The van der Waals surface area contributed by atoms with E-state index >= 15 is 0 Å². The molecule has 1 aromatic carbocycles. The van der Waals surface area contributed by atoms with Gasteiger partial charge < -0.3 is 5.11 Å². The van der Waals surface area contributed by atoms with Crippen molar-refractivity contribution in [2.45, 2.75) is 45.1 Å². The molecule has 0 aliphatic heterocycles. The number of thiophene rings is 1. The van der Waals surface area contributed by atoms with Gasteiger partial charge in [0.15, 0.2) is 0 Å². The third-order valence-corrected chi connectivity index (χ3v) is 5.74. The third kappa shape index (κ3) is 2.78. The van der Waals surface area contributed by atoms with Gasteiger partial charge >= 0.3 is 0 Å². The van der Waals surface area contributed by atoms with Gasteiger partial charge in [0.2, 0.25) is 0 Å². The van der Waals surface area contributed by atoms with Gasteiger partial charge in [0.1, 0.15) is 6.10 Å². The lowest BCUT2D eigenvalue weighted by molar-refractivity contribution is 0.224. The number of aliphatic hydroxyl groups excluding tert-OH is 1. The van der Waals surface area contributed by atoms with Crippen LogP contribution in [-0.4, -0.2) is 5.11 Å². The van der Waals surface area contributed by atoms with Crippen molar-refractivity contribution in [3.63, 3.8) is 0 Å². The molecule has 0 saturated carbocycles. The second-order valence-corrected chi connectivity index (χ2v) is 7.14. The van der Waals surface area contributed by atoms with Crippen LogP contribution >= 0.6 is 22.9 Å². The number of aliphatic hydroxyl groups is 1. The Morgan fingerprint density at radius 1 is 1.15 bits per heavy atom. The van der Waals surface area contributed by atoms with E-state index in [2.05, 4.69) is 6.07 Å². The molecule has 1 unspecified atom stereocenters. The molecular weight excluding hydrogens is 288 g/mol. The molecule has 0 spiro atoms. The molecule has 0 saturated heterocycles. The van der Waals surface area contributed by atoms with Crippen molar-refractivity contribution in [2.24, 2.45) is 0 Å². The SMILES string of the molecule is Cc1ccc(C(O)c2cc3c(s2)CCCCC3)cc1Cl.